The molecule has 0 fully saturated rings. The van der Waals surface area contributed by atoms with Gasteiger partial charge in [-0.25, -0.2) is 8.42 Å². The van der Waals surface area contributed by atoms with E-state index >= 15 is 0 Å². The van der Waals surface area contributed by atoms with Gasteiger partial charge in [0.05, 0.1) is 4.90 Å². The number of nitrogens with one attached hydrogen (secondary N) is 2. The van der Waals surface area contributed by atoms with Crippen LogP contribution in [0.15, 0.2) is 58.4 Å². The molecular formula is C21H25N3O3S. The molecule has 2 aromatic rings. The fraction of sp³-hybridized carbons (Fsp3) is 0.333. The lowest BCUT2D eigenvalue weighted by Gasteiger charge is -2.19. The number of carbonyl (C=O) groups is 1. The van der Waals surface area contributed by atoms with Crippen molar-refractivity contribution < 1.29 is 13.2 Å². The highest BCUT2D eigenvalue weighted by molar-refractivity contribution is 7.90. The van der Waals surface area contributed by atoms with Gasteiger partial charge in [-0.15, -0.1) is 0 Å². The third kappa shape index (κ3) is 4.25. The van der Waals surface area contributed by atoms with E-state index in [0.717, 1.165) is 17.5 Å². The fourth-order valence-electron chi connectivity index (χ4n) is 3.04. The molecule has 0 saturated heterocycles. The molecule has 2 atom stereocenters. The standard InChI is InChI=1S/C21H25N3O3S/c1-4-15(3)19(21(25)22-13-16-11-9-14(2)10-12-16)23-20-17-7-5-6-8-18(17)28(26,27)24-20/h5-12,15,19H,4,13H2,1-3H3,(H,22,25)(H,23,24)/t15-,19-/m0/s1. The lowest BCUT2D eigenvalue weighted by molar-refractivity contribution is -0.123. The van der Waals surface area contributed by atoms with E-state index in [9.17, 15) is 13.2 Å². The van der Waals surface area contributed by atoms with Crippen molar-refractivity contribution in [3.8, 4) is 0 Å². The number of aliphatic imine (C=N–C) groups is 1. The summed E-state index contributed by atoms with van der Waals surface area (Å²) in [6.45, 7) is 6.34. The van der Waals surface area contributed by atoms with E-state index < -0.39 is 16.1 Å². The summed E-state index contributed by atoms with van der Waals surface area (Å²) < 4.78 is 27.1. The van der Waals surface area contributed by atoms with Crippen LogP contribution in [0, 0.1) is 12.8 Å². The smallest absolute Gasteiger partial charge is 0.263 e. The van der Waals surface area contributed by atoms with E-state index in [0.29, 0.717) is 12.1 Å². The van der Waals surface area contributed by atoms with Gasteiger partial charge in [0.15, 0.2) is 0 Å². The van der Waals surface area contributed by atoms with Crippen LogP contribution in [0.2, 0.25) is 0 Å². The van der Waals surface area contributed by atoms with E-state index in [2.05, 4.69) is 15.0 Å². The van der Waals surface area contributed by atoms with Gasteiger partial charge in [0.25, 0.3) is 10.0 Å². The first kappa shape index (κ1) is 20.1. The summed E-state index contributed by atoms with van der Waals surface area (Å²) >= 11 is 0. The second kappa shape index (κ2) is 8.14. The van der Waals surface area contributed by atoms with Crippen molar-refractivity contribution >= 4 is 21.8 Å². The molecule has 0 radical (unpaired) electrons. The number of nitrogens with zero attached hydrogens (tertiary/aromatic N) is 1. The molecule has 0 bridgehead atoms. The van der Waals surface area contributed by atoms with Gasteiger partial charge in [0.1, 0.15) is 11.9 Å². The highest BCUT2D eigenvalue weighted by Crippen LogP contribution is 2.24. The monoisotopic (exact) mass is 399 g/mol. The molecule has 148 valence electrons. The van der Waals surface area contributed by atoms with E-state index in [4.69, 9.17) is 0 Å². The Labute approximate surface area is 166 Å². The molecule has 0 aliphatic carbocycles. The highest BCUT2D eigenvalue weighted by Gasteiger charge is 2.33. The Bertz CT molecular complexity index is 998. The van der Waals surface area contributed by atoms with Gasteiger partial charge in [-0.1, -0.05) is 62.2 Å². The van der Waals surface area contributed by atoms with Gasteiger partial charge < -0.3 is 5.32 Å². The van der Waals surface area contributed by atoms with Crippen molar-refractivity contribution in [1.29, 1.82) is 0 Å². The maximum atomic E-state index is 12.8. The largest absolute Gasteiger partial charge is 0.350 e. The highest BCUT2D eigenvalue weighted by atomic mass is 32.2. The van der Waals surface area contributed by atoms with Gasteiger partial charge >= 0.3 is 0 Å². The summed E-state index contributed by atoms with van der Waals surface area (Å²) in [4.78, 5) is 17.6. The Morgan fingerprint density at radius 1 is 1.14 bits per heavy atom. The molecule has 2 N–H and O–H groups in total. The first-order chi connectivity index (χ1) is 13.3. The summed E-state index contributed by atoms with van der Waals surface area (Å²) in [5, 5.41) is 2.93. The van der Waals surface area contributed by atoms with Gasteiger partial charge in [-0.05, 0) is 30.5 Å². The Morgan fingerprint density at radius 3 is 2.50 bits per heavy atom. The first-order valence-corrected chi connectivity index (χ1v) is 10.8. The zero-order valence-electron chi connectivity index (χ0n) is 16.3. The van der Waals surface area contributed by atoms with Crippen LogP contribution in [-0.2, 0) is 21.4 Å². The van der Waals surface area contributed by atoms with Crippen LogP contribution in [0.5, 0.6) is 0 Å². The molecular weight excluding hydrogens is 374 g/mol. The SMILES string of the molecule is CC[C@H](C)[C@H](N=C1NS(=O)(=O)c2ccccc21)C(=O)NCc1ccc(C)cc1. The molecule has 1 aliphatic rings. The van der Waals surface area contributed by atoms with Gasteiger partial charge in [-0.3, -0.25) is 14.5 Å². The third-order valence-electron chi connectivity index (χ3n) is 4.97. The van der Waals surface area contributed by atoms with Crippen LogP contribution in [-0.4, -0.2) is 26.2 Å². The summed E-state index contributed by atoms with van der Waals surface area (Å²) in [5.41, 5.74) is 2.66. The number of hydrogen-bond donors (Lipinski definition) is 2. The Hall–Kier alpha value is -2.67. The molecule has 7 heteroatoms. The Morgan fingerprint density at radius 2 is 1.82 bits per heavy atom. The molecule has 0 spiro atoms. The second-order valence-electron chi connectivity index (χ2n) is 7.11. The number of fused-ring (bicyclic) bond motifs is 1. The van der Waals surface area contributed by atoms with Crippen molar-refractivity contribution in [3.63, 3.8) is 0 Å². The average Bonchev–Trinajstić information content (AvgIpc) is 2.95. The van der Waals surface area contributed by atoms with Crippen molar-refractivity contribution in [1.82, 2.24) is 10.0 Å². The Kier molecular flexibility index (Phi) is 5.84. The molecule has 28 heavy (non-hydrogen) atoms. The van der Waals surface area contributed by atoms with Crippen LogP contribution in [0.3, 0.4) is 0 Å². The quantitative estimate of drug-likeness (QED) is 0.783. The summed E-state index contributed by atoms with van der Waals surface area (Å²) in [6.07, 6.45) is 0.744. The molecule has 0 saturated carbocycles. The number of hydrogen-bond acceptors (Lipinski definition) is 4. The van der Waals surface area contributed by atoms with Crippen LogP contribution in [0.4, 0.5) is 0 Å². The predicted octanol–water partition coefficient (Wildman–Crippen LogP) is 2.76. The van der Waals surface area contributed by atoms with Crippen LogP contribution >= 0.6 is 0 Å². The normalized spacial score (nSPS) is 18.2. The molecule has 2 aromatic carbocycles. The van der Waals surface area contributed by atoms with Crippen LogP contribution < -0.4 is 10.0 Å². The van der Waals surface area contributed by atoms with Gasteiger partial charge in [0, 0.05) is 12.1 Å². The van der Waals surface area contributed by atoms with Crippen LogP contribution in [0.1, 0.15) is 37.0 Å². The Balaban J connectivity index is 1.84. The minimum Gasteiger partial charge on any atom is -0.350 e. The lowest BCUT2D eigenvalue weighted by atomic mass is 9.98. The van der Waals surface area contributed by atoms with Gasteiger partial charge in [0.2, 0.25) is 5.91 Å². The summed E-state index contributed by atoms with van der Waals surface area (Å²) in [6, 6.07) is 13.9. The number of aryl methyl sites for hydroxylation is 1. The van der Waals surface area contributed by atoms with E-state index in [1.54, 1.807) is 18.2 Å². The van der Waals surface area contributed by atoms with Crippen LogP contribution in [0.25, 0.3) is 0 Å². The van der Waals surface area contributed by atoms with Gasteiger partial charge in [-0.2, -0.15) is 0 Å². The number of benzene rings is 2. The maximum Gasteiger partial charge on any atom is 0.263 e. The topological polar surface area (TPSA) is 87.6 Å². The van der Waals surface area contributed by atoms with Crippen molar-refractivity contribution in [2.75, 3.05) is 0 Å². The van der Waals surface area contributed by atoms with Crippen molar-refractivity contribution in [2.24, 2.45) is 10.9 Å². The molecule has 1 heterocycles. The molecule has 1 aliphatic heterocycles. The minimum absolute atomic E-state index is 0.0391. The number of amides is 1. The second-order valence-corrected chi connectivity index (χ2v) is 8.76. The number of sulfonamides is 1. The molecule has 3 rings (SSSR count). The molecule has 1 amide bonds. The van der Waals surface area contributed by atoms with Crippen molar-refractivity contribution in [3.05, 3.63) is 65.2 Å². The number of amidine groups is 1. The number of rotatable bonds is 6. The minimum atomic E-state index is -3.63. The van der Waals surface area contributed by atoms with E-state index in [1.807, 2.05) is 45.0 Å². The summed E-state index contributed by atoms with van der Waals surface area (Å²) in [5.74, 6) is -0.0276. The molecule has 6 nitrogen and oxygen atoms in total. The molecule has 0 aromatic heterocycles. The molecule has 0 unspecified atom stereocenters. The zero-order valence-corrected chi connectivity index (χ0v) is 17.1. The predicted molar refractivity (Wildman–Crippen MR) is 110 cm³/mol. The zero-order chi connectivity index (χ0) is 20.3. The van der Waals surface area contributed by atoms with Crippen molar-refractivity contribution in [2.45, 2.75) is 44.7 Å². The maximum absolute atomic E-state index is 12.8. The fourth-order valence-corrected chi connectivity index (χ4v) is 4.28. The summed E-state index contributed by atoms with van der Waals surface area (Å²) in [7, 11) is -3.63. The van der Waals surface area contributed by atoms with E-state index in [-0.39, 0.29) is 22.6 Å². The third-order valence-corrected chi connectivity index (χ3v) is 6.37. The number of carbonyl (C=O) groups excluding carboxylic acids is 1. The lowest BCUT2D eigenvalue weighted by Crippen LogP contribution is -2.38. The first-order valence-electron chi connectivity index (χ1n) is 9.35. The van der Waals surface area contributed by atoms with E-state index in [1.165, 1.54) is 6.07 Å². The average molecular weight is 400 g/mol.